The van der Waals surface area contributed by atoms with Gasteiger partial charge in [0.05, 0.1) is 24.8 Å². The number of fused-ring (bicyclic) bond motifs is 1. The molecule has 2 atom stereocenters. The average Bonchev–Trinajstić information content (AvgIpc) is 3.42. The maximum Gasteiger partial charge on any atom is 0.523 e. The lowest BCUT2D eigenvalue weighted by atomic mass is 10.1. The van der Waals surface area contributed by atoms with Crippen molar-refractivity contribution >= 4 is 58.0 Å². The van der Waals surface area contributed by atoms with Gasteiger partial charge in [-0.15, -0.1) is 0 Å². The van der Waals surface area contributed by atoms with Gasteiger partial charge in [-0.25, -0.2) is 4.79 Å². The molecule has 1 N–H and O–H groups in total. The van der Waals surface area contributed by atoms with Crippen LogP contribution in [0.2, 0.25) is 0 Å². The van der Waals surface area contributed by atoms with E-state index in [1.807, 2.05) is 13.0 Å². The highest BCUT2D eigenvalue weighted by molar-refractivity contribution is 8.18. The fourth-order valence-electron chi connectivity index (χ4n) is 4.08. The molecule has 2 aliphatic heterocycles. The molecule has 0 radical (unpaired) electrons. The van der Waals surface area contributed by atoms with Gasteiger partial charge in [0, 0.05) is 29.9 Å². The molecule has 160 valence electrons. The Hall–Kier alpha value is -3.17. The van der Waals surface area contributed by atoms with Crippen LogP contribution in [0.15, 0.2) is 39.9 Å². The average molecular weight is 441 g/mol. The third kappa shape index (κ3) is 3.70. The number of nitrogens with zero attached hydrogens (tertiary/aromatic N) is 1. The van der Waals surface area contributed by atoms with Crippen molar-refractivity contribution in [1.29, 1.82) is 0 Å². The van der Waals surface area contributed by atoms with Crippen molar-refractivity contribution in [3.05, 3.63) is 46.6 Å². The number of carbonyl (C=O) groups is 4. The fourth-order valence-corrected chi connectivity index (χ4v) is 4.76. The molecule has 2 saturated heterocycles. The summed E-state index contributed by atoms with van der Waals surface area (Å²) in [4.78, 5) is 48.9. The summed E-state index contributed by atoms with van der Waals surface area (Å²) in [5.74, 6) is -0.758. The van der Waals surface area contributed by atoms with Crippen molar-refractivity contribution in [1.82, 2.24) is 5.32 Å². The summed E-state index contributed by atoms with van der Waals surface area (Å²) < 4.78 is 10.1. The van der Waals surface area contributed by atoms with Gasteiger partial charge in [0.1, 0.15) is 11.6 Å². The van der Waals surface area contributed by atoms with Gasteiger partial charge in [0.25, 0.3) is 11.1 Å². The Bertz CT molecular complexity index is 1160. The van der Waals surface area contributed by atoms with Crippen LogP contribution in [0, 0.1) is 0 Å². The number of rotatable bonds is 3. The number of thioether (sulfide) groups is 1. The van der Waals surface area contributed by atoms with Gasteiger partial charge >= 0.3 is 12.0 Å². The number of carbonyl (C=O) groups excluding carboxylic acids is 4. The number of imide groups is 2. The van der Waals surface area contributed by atoms with Crippen LogP contribution in [0.3, 0.4) is 0 Å². The largest absolute Gasteiger partial charge is 0.523 e. The molecule has 2 fully saturated rings. The standard InChI is InChI=1S/C22H20N2O6S/c1-13-4-3-9-24(13,22(28)29-2)19(25)8-6-15-12-30-17-7-5-14(10-16(15)17)11-18-20(26)23-21(27)31-18/h5-8,10-13H,3-4,9H2,1-2H3/p+1/t13-,24?/m1/s1. The number of hydrogen-bond donors (Lipinski definition) is 1. The highest BCUT2D eigenvalue weighted by Crippen LogP contribution is 2.31. The van der Waals surface area contributed by atoms with Crippen LogP contribution in [0.5, 0.6) is 0 Å². The molecular formula is C22H21N2O6S+. The molecule has 0 spiro atoms. The monoisotopic (exact) mass is 441 g/mol. The molecule has 0 bridgehead atoms. The third-order valence-corrected chi connectivity index (χ3v) is 6.56. The summed E-state index contributed by atoms with van der Waals surface area (Å²) in [6.45, 7) is 2.30. The van der Waals surface area contributed by atoms with Crippen LogP contribution in [0.1, 0.15) is 30.9 Å². The molecule has 1 aromatic heterocycles. The minimum atomic E-state index is -0.549. The molecule has 3 heterocycles. The number of likely N-dealkylation sites (tertiary alicyclic amines) is 1. The van der Waals surface area contributed by atoms with Crippen molar-refractivity contribution in [2.45, 2.75) is 25.8 Å². The van der Waals surface area contributed by atoms with Crippen LogP contribution in [-0.4, -0.2) is 47.3 Å². The lowest BCUT2D eigenvalue weighted by molar-refractivity contribution is -0.789. The predicted octanol–water partition coefficient (Wildman–Crippen LogP) is 4.06. The van der Waals surface area contributed by atoms with Crippen molar-refractivity contribution in [2.24, 2.45) is 0 Å². The first-order valence-corrected chi connectivity index (χ1v) is 10.6. The molecule has 2 aliphatic rings. The van der Waals surface area contributed by atoms with E-state index in [0.717, 1.165) is 30.0 Å². The van der Waals surface area contributed by atoms with Crippen molar-refractivity contribution in [3.8, 4) is 0 Å². The number of ether oxygens (including phenoxy) is 1. The summed E-state index contributed by atoms with van der Waals surface area (Å²) in [5, 5.41) is 2.56. The van der Waals surface area contributed by atoms with Crippen LogP contribution in [0.4, 0.5) is 9.59 Å². The molecule has 1 unspecified atom stereocenters. The number of furan rings is 1. The van der Waals surface area contributed by atoms with Crippen molar-refractivity contribution < 1.29 is 32.8 Å². The second-order valence-electron chi connectivity index (χ2n) is 7.52. The van der Waals surface area contributed by atoms with E-state index in [9.17, 15) is 19.2 Å². The van der Waals surface area contributed by atoms with Gasteiger partial charge < -0.3 is 9.15 Å². The van der Waals surface area contributed by atoms with Crippen molar-refractivity contribution in [3.63, 3.8) is 0 Å². The highest BCUT2D eigenvalue weighted by Gasteiger charge is 2.52. The van der Waals surface area contributed by atoms with Gasteiger partial charge in [-0.1, -0.05) is 6.07 Å². The Morgan fingerprint density at radius 1 is 1.32 bits per heavy atom. The summed E-state index contributed by atoms with van der Waals surface area (Å²) >= 11 is 0.847. The topological polar surface area (TPSA) is 103 Å². The first-order valence-electron chi connectivity index (χ1n) is 9.80. The third-order valence-electron chi connectivity index (χ3n) is 5.75. The van der Waals surface area contributed by atoms with Crippen LogP contribution in [0.25, 0.3) is 23.1 Å². The minimum absolute atomic E-state index is 0.151. The molecule has 2 aromatic rings. The Balaban J connectivity index is 1.64. The van der Waals surface area contributed by atoms with E-state index in [-0.39, 0.29) is 16.4 Å². The first-order chi connectivity index (χ1) is 14.8. The number of quaternary nitrogens is 1. The second-order valence-corrected chi connectivity index (χ2v) is 8.54. The van der Waals surface area contributed by atoms with E-state index >= 15 is 0 Å². The normalized spacial score (nSPS) is 25.0. The lowest BCUT2D eigenvalue weighted by Gasteiger charge is -2.29. The van der Waals surface area contributed by atoms with Crippen molar-refractivity contribution in [2.75, 3.05) is 13.7 Å². The van der Waals surface area contributed by atoms with E-state index in [0.29, 0.717) is 28.2 Å². The van der Waals surface area contributed by atoms with Gasteiger partial charge in [-0.2, -0.15) is 9.28 Å². The van der Waals surface area contributed by atoms with E-state index < -0.39 is 17.2 Å². The van der Waals surface area contributed by atoms with Crippen LogP contribution >= 0.6 is 11.8 Å². The SMILES string of the molecule is COC(=O)[N+]1(C(=O)C=Cc2coc3ccc(C=C4SC(=O)NC4=O)cc23)CCC[C@H]1C. The highest BCUT2D eigenvalue weighted by atomic mass is 32.2. The molecule has 4 amide bonds. The lowest BCUT2D eigenvalue weighted by Crippen LogP contribution is -2.58. The van der Waals surface area contributed by atoms with Gasteiger partial charge in [-0.05, 0) is 48.5 Å². The fraction of sp³-hybridized carbons (Fsp3) is 0.273. The second kappa shape index (κ2) is 8.16. The maximum absolute atomic E-state index is 13.0. The molecule has 31 heavy (non-hydrogen) atoms. The zero-order chi connectivity index (χ0) is 22.2. The summed E-state index contributed by atoms with van der Waals surface area (Å²) in [7, 11) is 1.29. The van der Waals surface area contributed by atoms with E-state index in [4.69, 9.17) is 9.15 Å². The Morgan fingerprint density at radius 3 is 2.77 bits per heavy atom. The predicted molar refractivity (Wildman–Crippen MR) is 116 cm³/mol. The molecule has 4 rings (SSSR count). The summed E-state index contributed by atoms with van der Waals surface area (Å²) in [6.07, 6.45) is 7.17. The first kappa shape index (κ1) is 21.1. The molecule has 9 heteroatoms. The maximum atomic E-state index is 13.0. The van der Waals surface area contributed by atoms with Gasteiger partial charge in [-0.3, -0.25) is 14.9 Å². The van der Waals surface area contributed by atoms with Gasteiger partial charge in [0.2, 0.25) is 0 Å². The summed E-state index contributed by atoms with van der Waals surface area (Å²) in [6, 6.07) is 5.19. The molecule has 0 aliphatic carbocycles. The smallest absolute Gasteiger partial charge is 0.464 e. The van der Waals surface area contributed by atoms with E-state index in [1.54, 1.807) is 24.3 Å². The number of amides is 4. The Labute approximate surface area is 182 Å². The minimum Gasteiger partial charge on any atom is -0.464 e. The zero-order valence-corrected chi connectivity index (χ0v) is 17.9. The van der Waals surface area contributed by atoms with Crippen LogP contribution in [-0.2, 0) is 14.3 Å². The quantitative estimate of drug-likeness (QED) is 0.566. The van der Waals surface area contributed by atoms with E-state index in [2.05, 4.69) is 5.32 Å². The molecular weight excluding hydrogens is 420 g/mol. The zero-order valence-electron chi connectivity index (χ0n) is 17.0. The van der Waals surface area contributed by atoms with Crippen LogP contribution < -0.4 is 5.32 Å². The number of methoxy groups -OCH3 is 1. The Kier molecular flexibility index (Phi) is 5.55. The van der Waals surface area contributed by atoms with Gasteiger partial charge in [0.15, 0.2) is 0 Å². The number of hydrogen-bond acceptors (Lipinski definition) is 7. The number of nitrogens with one attached hydrogen (secondary N) is 1. The molecule has 1 aromatic carbocycles. The number of benzene rings is 1. The Morgan fingerprint density at radius 2 is 2.13 bits per heavy atom. The molecule has 8 nitrogen and oxygen atoms in total. The molecule has 0 saturated carbocycles. The van der Waals surface area contributed by atoms with E-state index in [1.165, 1.54) is 19.4 Å². The summed E-state index contributed by atoms with van der Waals surface area (Å²) in [5.41, 5.74) is 1.99.